The fourth-order valence-electron chi connectivity index (χ4n) is 2.67. The SMILES string of the molecule is CC(Oc1ccc(F)cc1F)c1nnc(SCC(=O)Nc2ccccc2[N+](=O)[O-])n1C. The molecule has 1 aromatic heterocycles. The van der Waals surface area contributed by atoms with E-state index in [9.17, 15) is 23.7 Å². The lowest BCUT2D eigenvalue weighted by Crippen LogP contribution is -2.15. The number of ether oxygens (including phenoxy) is 1. The number of rotatable bonds is 8. The van der Waals surface area contributed by atoms with Crippen molar-refractivity contribution >= 4 is 29.0 Å². The Morgan fingerprint density at radius 3 is 2.74 bits per heavy atom. The van der Waals surface area contributed by atoms with Gasteiger partial charge >= 0.3 is 0 Å². The molecule has 31 heavy (non-hydrogen) atoms. The Balaban J connectivity index is 1.62. The van der Waals surface area contributed by atoms with E-state index < -0.39 is 28.6 Å². The summed E-state index contributed by atoms with van der Waals surface area (Å²) in [4.78, 5) is 22.7. The predicted molar refractivity (Wildman–Crippen MR) is 109 cm³/mol. The van der Waals surface area contributed by atoms with E-state index in [4.69, 9.17) is 4.74 Å². The normalized spacial score (nSPS) is 11.7. The predicted octanol–water partition coefficient (Wildman–Crippen LogP) is 3.87. The van der Waals surface area contributed by atoms with Crippen LogP contribution in [0.5, 0.6) is 5.75 Å². The van der Waals surface area contributed by atoms with Crippen molar-refractivity contribution in [2.75, 3.05) is 11.1 Å². The molecule has 1 N–H and O–H groups in total. The standard InChI is InChI=1S/C19H17F2N5O4S/c1-11(30-16-8-7-12(20)9-13(16)21)18-23-24-19(25(18)2)31-10-17(27)22-14-5-3-4-6-15(14)26(28)29/h3-9,11H,10H2,1-2H3,(H,22,27). The third-order valence-electron chi connectivity index (χ3n) is 4.14. The summed E-state index contributed by atoms with van der Waals surface area (Å²) in [5, 5.41) is 21.9. The molecule has 3 rings (SSSR count). The second kappa shape index (κ2) is 9.51. The van der Waals surface area contributed by atoms with Crippen LogP contribution in [0, 0.1) is 21.7 Å². The lowest BCUT2D eigenvalue weighted by Gasteiger charge is -2.14. The number of anilines is 1. The zero-order valence-corrected chi connectivity index (χ0v) is 17.2. The lowest BCUT2D eigenvalue weighted by molar-refractivity contribution is -0.383. The van der Waals surface area contributed by atoms with Crippen LogP contribution in [0.2, 0.25) is 0 Å². The second-order valence-corrected chi connectivity index (χ2v) is 7.29. The first kappa shape index (κ1) is 22.2. The van der Waals surface area contributed by atoms with Crippen LogP contribution < -0.4 is 10.1 Å². The van der Waals surface area contributed by atoms with Gasteiger partial charge in [0.1, 0.15) is 11.5 Å². The number of amides is 1. The van der Waals surface area contributed by atoms with Crippen molar-refractivity contribution in [3.05, 3.63) is 70.0 Å². The summed E-state index contributed by atoms with van der Waals surface area (Å²) >= 11 is 1.07. The zero-order valence-electron chi connectivity index (χ0n) is 16.4. The topological polar surface area (TPSA) is 112 Å². The van der Waals surface area contributed by atoms with Crippen LogP contribution in [0.1, 0.15) is 18.9 Å². The first-order chi connectivity index (χ1) is 14.8. The number of nitrogens with zero attached hydrogens (tertiary/aromatic N) is 4. The maximum absolute atomic E-state index is 13.8. The molecule has 0 aliphatic rings. The highest BCUT2D eigenvalue weighted by Crippen LogP contribution is 2.27. The number of nitro groups is 1. The molecule has 162 valence electrons. The van der Waals surface area contributed by atoms with Crippen molar-refractivity contribution in [2.45, 2.75) is 18.2 Å². The molecule has 9 nitrogen and oxygen atoms in total. The number of carbonyl (C=O) groups excluding carboxylic acids is 1. The van der Waals surface area contributed by atoms with E-state index in [1.165, 1.54) is 24.3 Å². The van der Waals surface area contributed by atoms with Crippen LogP contribution in [-0.4, -0.2) is 31.3 Å². The first-order valence-corrected chi connectivity index (χ1v) is 9.92. The summed E-state index contributed by atoms with van der Waals surface area (Å²) < 4.78 is 33.9. The number of nitro benzene ring substituents is 1. The van der Waals surface area contributed by atoms with Crippen molar-refractivity contribution in [2.24, 2.45) is 7.05 Å². The number of benzene rings is 2. The molecule has 2 aromatic carbocycles. The average molecular weight is 449 g/mol. The van der Waals surface area contributed by atoms with Crippen molar-refractivity contribution in [1.82, 2.24) is 14.8 Å². The van der Waals surface area contributed by atoms with Gasteiger partial charge in [-0.3, -0.25) is 14.9 Å². The van der Waals surface area contributed by atoms with Gasteiger partial charge < -0.3 is 14.6 Å². The van der Waals surface area contributed by atoms with Crippen molar-refractivity contribution in [1.29, 1.82) is 0 Å². The fraction of sp³-hybridized carbons (Fsp3) is 0.211. The Kier molecular flexibility index (Phi) is 6.80. The molecule has 3 aromatic rings. The van der Waals surface area contributed by atoms with E-state index in [2.05, 4.69) is 15.5 Å². The van der Waals surface area contributed by atoms with Crippen molar-refractivity contribution < 1.29 is 23.2 Å². The summed E-state index contributed by atoms with van der Waals surface area (Å²) in [6.45, 7) is 1.63. The minimum absolute atomic E-state index is 0.0696. The third kappa shape index (κ3) is 5.34. The molecule has 0 radical (unpaired) electrons. The highest BCUT2D eigenvalue weighted by molar-refractivity contribution is 7.99. The maximum atomic E-state index is 13.8. The van der Waals surface area contributed by atoms with E-state index in [-0.39, 0.29) is 22.9 Å². The number of aromatic nitrogens is 3. The Labute approximate surface area is 179 Å². The molecule has 0 bridgehead atoms. The van der Waals surface area contributed by atoms with E-state index in [1.807, 2.05) is 0 Å². The van der Waals surface area contributed by atoms with Crippen molar-refractivity contribution in [3.63, 3.8) is 0 Å². The zero-order chi connectivity index (χ0) is 22.5. The molecule has 1 atom stereocenters. The van der Waals surface area contributed by atoms with Gasteiger partial charge in [-0.2, -0.15) is 0 Å². The molecule has 0 spiro atoms. The molecule has 1 heterocycles. The number of nitrogens with one attached hydrogen (secondary N) is 1. The van der Waals surface area contributed by atoms with E-state index in [0.29, 0.717) is 11.0 Å². The maximum Gasteiger partial charge on any atom is 0.292 e. The number of thioether (sulfide) groups is 1. The van der Waals surface area contributed by atoms with Gasteiger partial charge in [0, 0.05) is 19.2 Å². The van der Waals surface area contributed by atoms with Crippen LogP contribution in [0.25, 0.3) is 0 Å². The molecule has 0 aliphatic carbocycles. The molecule has 0 aliphatic heterocycles. The number of halogens is 2. The Morgan fingerprint density at radius 1 is 1.29 bits per heavy atom. The largest absolute Gasteiger partial charge is 0.480 e. The minimum Gasteiger partial charge on any atom is -0.480 e. The highest BCUT2D eigenvalue weighted by Gasteiger charge is 2.20. The van der Waals surface area contributed by atoms with Gasteiger partial charge in [0.25, 0.3) is 5.69 Å². The van der Waals surface area contributed by atoms with Crippen LogP contribution in [0.15, 0.2) is 47.6 Å². The quantitative estimate of drug-likeness (QED) is 0.316. The van der Waals surface area contributed by atoms with Gasteiger partial charge in [-0.15, -0.1) is 10.2 Å². The number of para-hydroxylation sites is 2. The number of hydrogen-bond acceptors (Lipinski definition) is 7. The highest BCUT2D eigenvalue weighted by atomic mass is 32.2. The molecule has 1 amide bonds. The Hall–Kier alpha value is -3.54. The molecule has 0 fully saturated rings. The summed E-state index contributed by atoms with van der Waals surface area (Å²) in [5.41, 5.74) is -0.110. The summed E-state index contributed by atoms with van der Waals surface area (Å²) in [6.07, 6.45) is -0.701. The average Bonchev–Trinajstić information content (AvgIpc) is 3.09. The second-order valence-electron chi connectivity index (χ2n) is 6.35. The Bertz CT molecular complexity index is 1120. The van der Waals surface area contributed by atoms with Crippen LogP contribution >= 0.6 is 11.8 Å². The molecule has 12 heteroatoms. The van der Waals surface area contributed by atoms with Crippen molar-refractivity contribution in [3.8, 4) is 5.75 Å². The van der Waals surface area contributed by atoms with Gasteiger partial charge in [-0.1, -0.05) is 23.9 Å². The third-order valence-corrected chi connectivity index (χ3v) is 5.16. The van der Waals surface area contributed by atoms with E-state index in [1.54, 1.807) is 24.6 Å². The molecule has 0 saturated carbocycles. The van der Waals surface area contributed by atoms with Crippen LogP contribution in [-0.2, 0) is 11.8 Å². The fourth-order valence-corrected chi connectivity index (χ4v) is 3.39. The Morgan fingerprint density at radius 2 is 2.03 bits per heavy atom. The van der Waals surface area contributed by atoms with Gasteiger partial charge in [-0.25, -0.2) is 8.78 Å². The first-order valence-electron chi connectivity index (χ1n) is 8.93. The molecule has 1 unspecified atom stereocenters. The van der Waals surface area contributed by atoms with Gasteiger partial charge in [0.2, 0.25) is 5.91 Å². The van der Waals surface area contributed by atoms with E-state index in [0.717, 1.165) is 23.9 Å². The minimum atomic E-state index is -0.838. The van der Waals surface area contributed by atoms with Gasteiger partial charge in [-0.05, 0) is 25.1 Å². The number of carbonyl (C=O) groups is 1. The van der Waals surface area contributed by atoms with Gasteiger partial charge in [0.15, 0.2) is 28.7 Å². The molecular weight excluding hydrogens is 432 g/mol. The smallest absolute Gasteiger partial charge is 0.292 e. The molecular formula is C19H17F2N5O4S. The van der Waals surface area contributed by atoms with Crippen LogP contribution in [0.3, 0.4) is 0 Å². The number of hydrogen-bond donors (Lipinski definition) is 1. The van der Waals surface area contributed by atoms with Gasteiger partial charge in [0.05, 0.1) is 10.7 Å². The summed E-state index contributed by atoms with van der Waals surface area (Å²) in [5.74, 6) is -1.84. The van der Waals surface area contributed by atoms with Crippen LogP contribution in [0.4, 0.5) is 20.2 Å². The lowest BCUT2D eigenvalue weighted by atomic mass is 10.2. The monoisotopic (exact) mass is 449 g/mol. The molecule has 0 saturated heterocycles. The summed E-state index contributed by atoms with van der Waals surface area (Å²) in [7, 11) is 1.65. The summed E-state index contributed by atoms with van der Waals surface area (Å²) in [6, 6.07) is 8.80. The van der Waals surface area contributed by atoms with E-state index >= 15 is 0 Å².